The molecule has 1 aliphatic heterocycles. The first-order chi connectivity index (χ1) is 9.70. The second-order valence-corrected chi connectivity index (χ2v) is 5.34. The Morgan fingerprint density at radius 3 is 2.80 bits per heavy atom. The van der Waals surface area contributed by atoms with Crippen LogP contribution in [0.5, 0.6) is 0 Å². The molecule has 0 unspecified atom stereocenters. The van der Waals surface area contributed by atoms with Crippen LogP contribution >= 0.6 is 0 Å². The summed E-state index contributed by atoms with van der Waals surface area (Å²) in [6, 6.07) is 8.48. The summed E-state index contributed by atoms with van der Waals surface area (Å²) in [4.78, 5) is 13.7. The lowest BCUT2D eigenvalue weighted by molar-refractivity contribution is -0.130. The summed E-state index contributed by atoms with van der Waals surface area (Å²) in [7, 11) is 2.09. The van der Waals surface area contributed by atoms with Crippen molar-refractivity contribution in [3.8, 4) is 0 Å². The lowest BCUT2D eigenvalue weighted by atomic mass is 9.99. The monoisotopic (exact) mass is 268 g/mol. The first-order valence-corrected chi connectivity index (χ1v) is 7.22. The molecule has 0 atom stereocenters. The Hall–Kier alpha value is -2.03. The van der Waals surface area contributed by atoms with E-state index in [4.69, 9.17) is 0 Å². The number of amides is 1. The van der Waals surface area contributed by atoms with Crippen molar-refractivity contribution in [2.45, 2.75) is 19.8 Å². The van der Waals surface area contributed by atoms with E-state index in [9.17, 15) is 4.79 Å². The molecule has 0 saturated heterocycles. The van der Waals surface area contributed by atoms with Gasteiger partial charge in [-0.1, -0.05) is 31.2 Å². The van der Waals surface area contributed by atoms with Crippen LogP contribution in [0.15, 0.2) is 36.5 Å². The van der Waals surface area contributed by atoms with Gasteiger partial charge in [-0.05, 0) is 18.1 Å². The third kappa shape index (κ3) is 2.13. The maximum absolute atomic E-state index is 11.7. The van der Waals surface area contributed by atoms with Gasteiger partial charge in [-0.15, -0.1) is 0 Å². The van der Waals surface area contributed by atoms with Crippen LogP contribution in [0.1, 0.15) is 25.3 Å². The molecule has 0 N–H and O–H groups in total. The molecule has 20 heavy (non-hydrogen) atoms. The molecule has 3 nitrogen and oxygen atoms in total. The van der Waals surface area contributed by atoms with Gasteiger partial charge in [0.2, 0.25) is 5.91 Å². The van der Waals surface area contributed by atoms with Gasteiger partial charge < -0.3 is 9.47 Å². The number of para-hydroxylation sites is 1. The van der Waals surface area contributed by atoms with Crippen LogP contribution in [-0.4, -0.2) is 28.5 Å². The zero-order valence-corrected chi connectivity index (χ0v) is 12.1. The molecule has 1 aromatic heterocycles. The first-order valence-electron chi connectivity index (χ1n) is 7.22. The van der Waals surface area contributed by atoms with Gasteiger partial charge in [-0.2, -0.15) is 0 Å². The van der Waals surface area contributed by atoms with E-state index in [1.807, 2.05) is 11.8 Å². The summed E-state index contributed by atoms with van der Waals surface area (Å²) in [6.45, 7) is 3.50. The Kier molecular flexibility index (Phi) is 3.35. The van der Waals surface area contributed by atoms with Crippen LogP contribution in [0.25, 0.3) is 16.5 Å². The van der Waals surface area contributed by atoms with Gasteiger partial charge in [-0.3, -0.25) is 4.79 Å². The quantitative estimate of drug-likeness (QED) is 0.821. The Morgan fingerprint density at radius 1 is 1.30 bits per heavy atom. The van der Waals surface area contributed by atoms with Crippen LogP contribution in [-0.2, 0) is 11.8 Å². The summed E-state index contributed by atoms with van der Waals surface area (Å²) in [5.74, 6) is 0.248. The lowest BCUT2D eigenvalue weighted by Crippen LogP contribution is -2.34. The summed E-state index contributed by atoms with van der Waals surface area (Å²) in [5.41, 5.74) is 3.93. The summed E-state index contributed by atoms with van der Waals surface area (Å²) in [5, 5.41) is 1.30. The van der Waals surface area contributed by atoms with Crippen molar-refractivity contribution in [3.05, 3.63) is 42.1 Å². The van der Waals surface area contributed by atoms with Gasteiger partial charge in [0, 0.05) is 49.2 Å². The average Bonchev–Trinajstić information content (AvgIpc) is 2.84. The molecule has 0 spiro atoms. The van der Waals surface area contributed by atoms with E-state index in [1.54, 1.807) is 0 Å². The molecule has 3 rings (SSSR count). The molecule has 0 aliphatic carbocycles. The molecule has 0 bridgehead atoms. The van der Waals surface area contributed by atoms with Gasteiger partial charge in [0.1, 0.15) is 0 Å². The number of benzene rings is 1. The molecule has 1 amide bonds. The van der Waals surface area contributed by atoms with Gasteiger partial charge in [0.05, 0.1) is 0 Å². The number of carbonyl (C=O) groups is 1. The number of carbonyl (C=O) groups excluding carboxylic acids is 1. The van der Waals surface area contributed by atoms with Gasteiger partial charge >= 0.3 is 0 Å². The van der Waals surface area contributed by atoms with E-state index in [-0.39, 0.29) is 5.91 Å². The molecule has 1 aromatic carbocycles. The fraction of sp³-hybridized carbons (Fsp3) is 0.353. The average molecular weight is 268 g/mol. The van der Waals surface area contributed by atoms with Gasteiger partial charge in [0.25, 0.3) is 0 Å². The first kappa shape index (κ1) is 13.0. The van der Waals surface area contributed by atoms with E-state index >= 15 is 0 Å². The number of aromatic nitrogens is 1. The van der Waals surface area contributed by atoms with E-state index in [0.29, 0.717) is 6.42 Å². The van der Waals surface area contributed by atoms with Crippen molar-refractivity contribution in [1.29, 1.82) is 0 Å². The number of hydrogen-bond donors (Lipinski definition) is 0. The van der Waals surface area contributed by atoms with Gasteiger partial charge in [0.15, 0.2) is 0 Å². The third-order valence-corrected chi connectivity index (χ3v) is 4.11. The molecule has 1 aliphatic rings. The molecular weight excluding hydrogens is 248 g/mol. The van der Waals surface area contributed by atoms with Crippen LogP contribution in [0.2, 0.25) is 0 Å². The standard InChI is InChI=1S/C17H20N2O/c1-3-17(20)19-10-8-13(9-11-19)15-12-18(2)16-7-5-4-6-14(15)16/h4-8,12H,3,9-11H2,1-2H3. The maximum atomic E-state index is 11.7. The number of hydrogen-bond acceptors (Lipinski definition) is 1. The SMILES string of the molecule is CCC(=O)N1CC=C(c2cn(C)c3ccccc23)CC1. The highest BCUT2D eigenvalue weighted by Gasteiger charge is 2.18. The molecular formula is C17H20N2O. The topological polar surface area (TPSA) is 25.2 Å². The summed E-state index contributed by atoms with van der Waals surface area (Å²) in [6.07, 6.45) is 5.95. The normalized spacial score (nSPS) is 15.5. The zero-order chi connectivity index (χ0) is 14.1. The van der Waals surface area contributed by atoms with Crippen LogP contribution in [0, 0.1) is 0 Å². The van der Waals surface area contributed by atoms with E-state index in [2.05, 4.69) is 48.2 Å². The van der Waals surface area contributed by atoms with Crippen LogP contribution in [0.4, 0.5) is 0 Å². The lowest BCUT2D eigenvalue weighted by Gasteiger charge is -2.26. The van der Waals surface area contributed by atoms with Crippen molar-refractivity contribution < 1.29 is 4.79 Å². The van der Waals surface area contributed by atoms with Gasteiger partial charge in [-0.25, -0.2) is 0 Å². The Morgan fingerprint density at radius 2 is 2.10 bits per heavy atom. The number of nitrogens with zero attached hydrogens (tertiary/aromatic N) is 2. The van der Waals surface area contributed by atoms with E-state index < -0.39 is 0 Å². The molecule has 3 heteroatoms. The third-order valence-electron chi connectivity index (χ3n) is 4.11. The number of rotatable bonds is 2. The highest BCUT2D eigenvalue weighted by molar-refractivity contribution is 5.93. The highest BCUT2D eigenvalue weighted by atomic mass is 16.2. The molecule has 0 radical (unpaired) electrons. The number of fused-ring (bicyclic) bond motifs is 1. The molecule has 0 saturated carbocycles. The minimum atomic E-state index is 0.248. The second kappa shape index (κ2) is 5.16. The predicted octanol–water partition coefficient (Wildman–Crippen LogP) is 3.20. The smallest absolute Gasteiger partial charge is 0.222 e. The molecule has 0 fully saturated rings. The molecule has 104 valence electrons. The second-order valence-electron chi connectivity index (χ2n) is 5.34. The zero-order valence-electron chi connectivity index (χ0n) is 12.1. The van der Waals surface area contributed by atoms with Crippen molar-refractivity contribution in [3.63, 3.8) is 0 Å². The Labute approximate surface area is 119 Å². The van der Waals surface area contributed by atoms with E-state index in [1.165, 1.54) is 22.0 Å². The maximum Gasteiger partial charge on any atom is 0.222 e. The van der Waals surface area contributed by atoms with Crippen LogP contribution < -0.4 is 0 Å². The minimum absolute atomic E-state index is 0.248. The molecule has 2 aromatic rings. The van der Waals surface area contributed by atoms with E-state index in [0.717, 1.165) is 19.5 Å². The Bertz CT molecular complexity index is 681. The fourth-order valence-corrected chi connectivity index (χ4v) is 2.96. The van der Waals surface area contributed by atoms with Crippen molar-refractivity contribution in [2.75, 3.05) is 13.1 Å². The van der Waals surface area contributed by atoms with Crippen molar-refractivity contribution >= 4 is 22.4 Å². The van der Waals surface area contributed by atoms with Crippen molar-refractivity contribution in [2.24, 2.45) is 7.05 Å². The minimum Gasteiger partial charge on any atom is -0.350 e. The fourth-order valence-electron chi connectivity index (χ4n) is 2.96. The Balaban J connectivity index is 1.93. The predicted molar refractivity (Wildman–Crippen MR) is 82.4 cm³/mol. The van der Waals surface area contributed by atoms with Crippen molar-refractivity contribution in [1.82, 2.24) is 9.47 Å². The van der Waals surface area contributed by atoms with Crippen LogP contribution in [0.3, 0.4) is 0 Å². The number of aryl methyl sites for hydroxylation is 1. The summed E-state index contributed by atoms with van der Waals surface area (Å²) < 4.78 is 2.18. The highest BCUT2D eigenvalue weighted by Crippen LogP contribution is 2.30. The largest absolute Gasteiger partial charge is 0.350 e. The molecule has 2 heterocycles. The summed E-state index contributed by atoms with van der Waals surface area (Å²) >= 11 is 0.